The summed E-state index contributed by atoms with van der Waals surface area (Å²) in [5.41, 5.74) is 6.63. The number of likely N-dealkylation sites (tertiary alicyclic amines) is 1. The molecule has 1 aliphatic heterocycles. The number of nitrogens with one attached hydrogen (secondary N) is 2. The molecule has 188 valence electrons. The number of carbonyl (C=O) groups excluding carboxylic acids is 3. The highest BCUT2D eigenvalue weighted by molar-refractivity contribution is 7.98. The normalized spacial score (nSPS) is 19.1. The third kappa shape index (κ3) is 7.71. The van der Waals surface area contributed by atoms with Crippen LogP contribution in [0.25, 0.3) is 0 Å². The summed E-state index contributed by atoms with van der Waals surface area (Å²) in [4.78, 5) is 51.6. The van der Waals surface area contributed by atoms with Crippen LogP contribution >= 0.6 is 11.8 Å². The van der Waals surface area contributed by atoms with Gasteiger partial charge < -0.3 is 31.5 Å². The minimum Gasteiger partial charge on any atom is -0.480 e. The highest BCUT2D eigenvalue weighted by Gasteiger charge is 2.40. The van der Waals surface area contributed by atoms with Gasteiger partial charge in [0.05, 0.1) is 12.1 Å². The van der Waals surface area contributed by atoms with Crippen LogP contribution in [0.5, 0.6) is 0 Å². The Labute approximate surface area is 203 Å². The summed E-state index contributed by atoms with van der Waals surface area (Å²) in [7, 11) is 0. The van der Waals surface area contributed by atoms with Crippen molar-refractivity contribution in [2.24, 2.45) is 5.73 Å². The summed E-state index contributed by atoms with van der Waals surface area (Å²) in [6, 6.07) is 4.78. The Kier molecular flexibility index (Phi) is 10.8. The average Bonchev–Trinajstić information content (AvgIpc) is 3.30. The number of nitrogens with zero attached hydrogens (tertiary/aromatic N) is 1. The average molecular weight is 495 g/mol. The number of amides is 3. The largest absolute Gasteiger partial charge is 0.480 e. The quantitative estimate of drug-likeness (QED) is 0.265. The van der Waals surface area contributed by atoms with Gasteiger partial charge in [0.2, 0.25) is 17.7 Å². The molecule has 1 heterocycles. The van der Waals surface area contributed by atoms with Gasteiger partial charge in [0, 0.05) is 13.0 Å². The minimum atomic E-state index is -1.26. The number of carbonyl (C=O) groups is 4. The molecule has 0 aromatic heterocycles. The first-order chi connectivity index (χ1) is 16.1. The summed E-state index contributed by atoms with van der Waals surface area (Å²) >= 11 is 1.54. The fourth-order valence-electron chi connectivity index (χ4n) is 3.82. The molecule has 0 radical (unpaired) electrons. The number of carboxylic acid groups (broad SMARTS) is 1. The Balaban J connectivity index is 2.08. The van der Waals surface area contributed by atoms with Gasteiger partial charge in [0.15, 0.2) is 0 Å². The molecule has 0 saturated carbocycles. The van der Waals surface area contributed by atoms with Crippen molar-refractivity contribution in [3.05, 3.63) is 35.9 Å². The van der Waals surface area contributed by atoms with Crippen molar-refractivity contribution in [1.29, 1.82) is 0 Å². The Morgan fingerprint density at radius 2 is 1.88 bits per heavy atom. The summed E-state index contributed by atoms with van der Waals surface area (Å²) in [5.74, 6) is -2.25. The molecule has 11 heteroatoms. The van der Waals surface area contributed by atoms with Crippen molar-refractivity contribution >= 4 is 35.5 Å². The van der Waals surface area contributed by atoms with E-state index in [0.29, 0.717) is 25.0 Å². The number of hydrogen-bond acceptors (Lipinski definition) is 7. The minimum absolute atomic E-state index is 0.100. The van der Waals surface area contributed by atoms with E-state index in [1.54, 1.807) is 24.3 Å². The summed E-state index contributed by atoms with van der Waals surface area (Å²) < 4.78 is 0. The Hall–Kier alpha value is -2.63. The Bertz CT molecular complexity index is 853. The highest BCUT2D eigenvalue weighted by Crippen LogP contribution is 2.20. The zero-order chi connectivity index (χ0) is 25.3. The molecule has 6 N–H and O–H groups in total. The van der Waals surface area contributed by atoms with E-state index in [2.05, 4.69) is 10.6 Å². The van der Waals surface area contributed by atoms with Crippen LogP contribution in [0.4, 0.5) is 0 Å². The zero-order valence-corrected chi connectivity index (χ0v) is 20.3. The predicted molar refractivity (Wildman–Crippen MR) is 129 cm³/mol. The molecule has 1 aliphatic rings. The predicted octanol–water partition coefficient (Wildman–Crippen LogP) is -0.264. The van der Waals surface area contributed by atoms with Crippen LogP contribution < -0.4 is 16.4 Å². The maximum atomic E-state index is 13.2. The fourth-order valence-corrected chi connectivity index (χ4v) is 4.31. The molecule has 5 atom stereocenters. The highest BCUT2D eigenvalue weighted by atomic mass is 32.2. The second kappa shape index (κ2) is 13.3. The van der Waals surface area contributed by atoms with Crippen molar-refractivity contribution in [1.82, 2.24) is 15.5 Å². The van der Waals surface area contributed by atoms with Crippen molar-refractivity contribution in [3.8, 4) is 0 Å². The van der Waals surface area contributed by atoms with Crippen molar-refractivity contribution in [2.45, 2.75) is 62.9 Å². The summed E-state index contributed by atoms with van der Waals surface area (Å²) in [6.07, 6.45) is 2.08. The van der Waals surface area contributed by atoms with Gasteiger partial charge in [-0.15, -0.1) is 0 Å². The molecule has 34 heavy (non-hydrogen) atoms. The van der Waals surface area contributed by atoms with Gasteiger partial charge >= 0.3 is 5.97 Å². The van der Waals surface area contributed by atoms with E-state index in [1.165, 1.54) is 23.6 Å². The molecular weight excluding hydrogens is 460 g/mol. The van der Waals surface area contributed by atoms with Crippen LogP contribution in [-0.2, 0) is 25.6 Å². The smallest absolute Gasteiger partial charge is 0.326 e. The SMILES string of the molecule is CSCCC(N)C(=O)NC(C(=O)N1CCCC1C(=O)NC(Cc1ccccc1)C(=O)O)C(C)O. The maximum Gasteiger partial charge on any atom is 0.326 e. The molecule has 3 amide bonds. The maximum absolute atomic E-state index is 13.2. The number of carboxylic acids is 1. The van der Waals surface area contributed by atoms with E-state index in [4.69, 9.17) is 5.73 Å². The lowest BCUT2D eigenvalue weighted by atomic mass is 10.0. The third-order valence-electron chi connectivity index (χ3n) is 5.75. The molecule has 5 unspecified atom stereocenters. The fraction of sp³-hybridized carbons (Fsp3) is 0.565. The zero-order valence-electron chi connectivity index (χ0n) is 19.5. The molecule has 1 aromatic carbocycles. The number of aliphatic hydroxyl groups is 1. The number of hydrogen-bond donors (Lipinski definition) is 5. The molecule has 1 fully saturated rings. The number of rotatable bonds is 12. The third-order valence-corrected chi connectivity index (χ3v) is 6.40. The second-order valence-electron chi connectivity index (χ2n) is 8.39. The summed E-state index contributed by atoms with van der Waals surface area (Å²) in [6.45, 7) is 1.63. The molecule has 2 rings (SSSR count). The van der Waals surface area contributed by atoms with Crippen molar-refractivity contribution in [2.75, 3.05) is 18.6 Å². The lowest BCUT2D eigenvalue weighted by Gasteiger charge is -2.31. The molecule has 0 spiro atoms. The van der Waals surface area contributed by atoms with Gasteiger partial charge in [-0.05, 0) is 43.8 Å². The molecular formula is C23H34N4O6S. The first-order valence-corrected chi connectivity index (χ1v) is 12.7. The Morgan fingerprint density at radius 3 is 2.47 bits per heavy atom. The standard InChI is InChI=1S/C23H34N4O6S/c1-14(28)19(26-20(29)16(24)10-12-34-2)22(31)27-11-6-9-18(27)21(30)25-17(23(32)33)13-15-7-4-3-5-8-15/h3-5,7-8,14,16-19,28H,6,9-13,24H2,1-2H3,(H,25,30)(H,26,29)(H,32,33). The molecule has 10 nitrogen and oxygen atoms in total. The first-order valence-electron chi connectivity index (χ1n) is 11.3. The van der Waals surface area contributed by atoms with Gasteiger partial charge in [-0.25, -0.2) is 4.79 Å². The van der Waals surface area contributed by atoms with Gasteiger partial charge in [-0.1, -0.05) is 30.3 Å². The summed E-state index contributed by atoms with van der Waals surface area (Å²) in [5, 5.41) is 24.8. The van der Waals surface area contributed by atoms with Crippen LogP contribution in [0.2, 0.25) is 0 Å². The molecule has 0 bridgehead atoms. The van der Waals surface area contributed by atoms with E-state index in [1.807, 2.05) is 12.3 Å². The first kappa shape index (κ1) is 27.6. The monoisotopic (exact) mass is 494 g/mol. The van der Waals surface area contributed by atoms with Gasteiger partial charge in [0.1, 0.15) is 18.1 Å². The van der Waals surface area contributed by atoms with E-state index in [0.717, 1.165) is 5.56 Å². The van der Waals surface area contributed by atoms with Crippen molar-refractivity contribution in [3.63, 3.8) is 0 Å². The molecule has 0 aliphatic carbocycles. The lowest BCUT2D eigenvalue weighted by molar-refractivity contribution is -0.146. The number of nitrogens with two attached hydrogens (primary N) is 1. The van der Waals surface area contributed by atoms with Crippen molar-refractivity contribution < 1.29 is 29.4 Å². The van der Waals surface area contributed by atoms with Crippen LogP contribution in [-0.4, -0.2) is 87.6 Å². The van der Waals surface area contributed by atoms with Gasteiger partial charge in [0.25, 0.3) is 0 Å². The van der Waals surface area contributed by atoms with Gasteiger partial charge in [-0.2, -0.15) is 11.8 Å². The van der Waals surface area contributed by atoms with E-state index in [-0.39, 0.29) is 13.0 Å². The number of aliphatic carboxylic acids is 1. The molecule has 1 saturated heterocycles. The number of thioether (sulfide) groups is 1. The van der Waals surface area contributed by atoms with E-state index in [9.17, 15) is 29.4 Å². The topological polar surface area (TPSA) is 162 Å². The van der Waals surface area contributed by atoms with Crippen LogP contribution in [0.3, 0.4) is 0 Å². The van der Waals surface area contributed by atoms with Crippen LogP contribution in [0.15, 0.2) is 30.3 Å². The van der Waals surface area contributed by atoms with Crippen LogP contribution in [0.1, 0.15) is 31.7 Å². The second-order valence-corrected chi connectivity index (χ2v) is 9.38. The van der Waals surface area contributed by atoms with Crippen LogP contribution in [0, 0.1) is 0 Å². The van der Waals surface area contributed by atoms with Gasteiger partial charge in [-0.3, -0.25) is 14.4 Å². The lowest BCUT2D eigenvalue weighted by Crippen LogP contribution is -2.59. The Morgan fingerprint density at radius 1 is 1.21 bits per heavy atom. The molecule has 1 aromatic rings. The number of aliphatic hydroxyl groups excluding tert-OH is 1. The van der Waals surface area contributed by atoms with E-state index < -0.39 is 54.0 Å². The van der Waals surface area contributed by atoms with E-state index >= 15 is 0 Å². The number of benzene rings is 1.